The molecule has 3 rings (SSSR count). The van der Waals surface area contributed by atoms with E-state index >= 15 is 0 Å². The lowest BCUT2D eigenvalue weighted by Crippen LogP contribution is -2.31. The van der Waals surface area contributed by atoms with Crippen LogP contribution in [0.25, 0.3) is 10.9 Å². The van der Waals surface area contributed by atoms with Gasteiger partial charge < -0.3 is 15.4 Å². The number of anilines is 1. The molecule has 0 saturated carbocycles. The Morgan fingerprint density at radius 2 is 1.79 bits per heavy atom. The minimum Gasteiger partial charge on any atom is -0.494 e. The minimum atomic E-state index is 0.0941. The maximum atomic E-state index is 5.55. The number of rotatable bonds is 4. The van der Waals surface area contributed by atoms with Crippen molar-refractivity contribution in [3.63, 3.8) is 0 Å². The highest BCUT2D eigenvalue weighted by molar-refractivity contribution is 7.80. The van der Waals surface area contributed by atoms with Crippen LogP contribution in [0.4, 0.5) is 5.69 Å². The quantitative estimate of drug-likeness (QED) is 0.566. The molecule has 0 aliphatic heterocycles. The molecule has 0 radical (unpaired) electrons. The molecule has 0 amide bonds. The Hall–Kier alpha value is -2.66. The Bertz CT molecular complexity index is 977. The summed E-state index contributed by atoms with van der Waals surface area (Å²) < 4.78 is 5.40. The summed E-state index contributed by atoms with van der Waals surface area (Å²) in [4.78, 5) is 4.43. The monoisotopic (exact) mass is 393 g/mol. The van der Waals surface area contributed by atoms with Crippen molar-refractivity contribution in [1.29, 1.82) is 0 Å². The molecule has 0 spiro atoms. The molecule has 2 aromatic carbocycles. The third-order valence-corrected chi connectivity index (χ3v) is 5.04. The Balaban J connectivity index is 1.73. The van der Waals surface area contributed by atoms with E-state index in [0.717, 1.165) is 22.3 Å². The van der Waals surface area contributed by atoms with E-state index in [1.165, 1.54) is 11.1 Å². The Morgan fingerprint density at radius 3 is 2.43 bits per heavy atom. The summed E-state index contributed by atoms with van der Waals surface area (Å²) in [7, 11) is 1.65. The zero-order valence-corrected chi connectivity index (χ0v) is 17.9. The molecule has 0 saturated heterocycles. The largest absolute Gasteiger partial charge is 0.494 e. The molecule has 0 bridgehead atoms. The molecule has 28 heavy (non-hydrogen) atoms. The van der Waals surface area contributed by atoms with Gasteiger partial charge in [0.25, 0.3) is 0 Å². The number of benzene rings is 2. The van der Waals surface area contributed by atoms with Gasteiger partial charge in [0.2, 0.25) is 0 Å². The van der Waals surface area contributed by atoms with Crippen molar-refractivity contribution in [3.8, 4) is 5.75 Å². The predicted molar refractivity (Wildman–Crippen MR) is 121 cm³/mol. The summed E-state index contributed by atoms with van der Waals surface area (Å²) >= 11 is 5.55. The Kier molecular flexibility index (Phi) is 5.84. The van der Waals surface area contributed by atoms with Crippen molar-refractivity contribution in [2.45, 2.75) is 39.2 Å². The van der Waals surface area contributed by atoms with Crippen LogP contribution >= 0.6 is 12.2 Å². The number of aromatic nitrogens is 1. The summed E-state index contributed by atoms with van der Waals surface area (Å²) in [6.07, 6.45) is 1.76. The molecule has 1 atom stereocenters. The van der Waals surface area contributed by atoms with Gasteiger partial charge in [-0.15, -0.1) is 0 Å². The third kappa shape index (κ3) is 4.42. The third-order valence-electron chi connectivity index (χ3n) is 4.83. The highest BCUT2D eigenvalue weighted by Crippen LogP contribution is 2.30. The Labute approximate surface area is 172 Å². The smallest absolute Gasteiger partial charge is 0.171 e. The van der Waals surface area contributed by atoms with E-state index in [9.17, 15) is 0 Å². The average Bonchev–Trinajstić information content (AvgIpc) is 2.67. The fraction of sp³-hybridized carbons (Fsp3) is 0.304. The van der Waals surface area contributed by atoms with Crippen molar-refractivity contribution in [2.75, 3.05) is 12.4 Å². The van der Waals surface area contributed by atoms with E-state index in [1.807, 2.05) is 24.3 Å². The average molecular weight is 394 g/mol. The lowest BCUT2D eigenvalue weighted by Gasteiger charge is -2.21. The maximum absolute atomic E-state index is 5.55. The van der Waals surface area contributed by atoms with Gasteiger partial charge in [-0.1, -0.05) is 45.0 Å². The standard InChI is InChI=1S/C23H27N3OS/c1-15(16-8-10-17(11-9-16)23(2,3)4)25-22(28)26-19-12-13-20(27-5)21-18(19)7-6-14-24-21/h6-15H,1-5H3,(H2,25,26,28)/t15-/m1/s1. The molecule has 3 aromatic rings. The van der Waals surface area contributed by atoms with Crippen molar-refractivity contribution in [2.24, 2.45) is 0 Å². The van der Waals surface area contributed by atoms with Crippen LogP contribution < -0.4 is 15.4 Å². The first kappa shape index (κ1) is 20.1. The van der Waals surface area contributed by atoms with Gasteiger partial charge >= 0.3 is 0 Å². The topological polar surface area (TPSA) is 46.2 Å². The first-order chi connectivity index (χ1) is 13.3. The number of pyridine rings is 1. The van der Waals surface area contributed by atoms with Crippen LogP contribution in [-0.4, -0.2) is 17.2 Å². The summed E-state index contributed by atoms with van der Waals surface area (Å²) in [5, 5.41) is 8.20. The summed E-state index contributed by atoms with van der Waals surface area (Å²) in [6, 6.07) is 16.6. The number of thiocarbonyl (C=S) groups is 1. The Morgan fingerprint density at radius 1 is 1.07 bits per heavy atom. The zero-order chi connectivity index (χ0) is 20.3. The molecule has 1 aromatic heterocycles. The van der Waals surface area contributed by atoms with Gasteiger partial charge in [0, 0.05) is 17.3 Å². The van der Waals surface area contributed by atoms with Crippen LogP contribution in [-0.2, 0) is 5.41 Å². The molecule has 0 unspecified atom stereocenters. The van der Waals surface area contributed by atoms with Gasteiger partial charge in [-0.25, -0.2) is 0 Å². The number of ether oxygens (including phenoxy) is 1. The summed E-state index contributed by atoms with van der Waals surface area (Å²) in [5.74, 6) is 0.743. The molecule has 0 aliphatic carbocycles. The number of nitrogens with one attached hydrogen (secondary N) is 2. The first-order valence-electron chi connectivity index (χ1n) is 9.39. The second-order valence-corrected chi connectivity index (χ2v) is 8.32. The van der Waals surface area contributed by atoms with E-state index in [2.05, 4.69) is 67.6 Å². The maximum Gasteiger partial charge on any atom is 0.171 e. The van der Waals surface area contributed by atoms with E-state index in [4.69, 9.17) is 17.0 Å². The molecule has 2 N–H and O–H groups in total. The number of methoxy groups -OCH3 is 1. The van der Waals surface area contributed by atoms with E-state index in [0.29, 0.717) is 5.11 Å². The van der Waals surface area contributed by atoms with Gasteiger partial charge in [-0.3, -0.25) is 4.98 Å². The summed E-state index contributed by atoms with van der Waals surface area (Å²) in [5.41, 5.74) is 4.37. The van der Waals surface area contributed by atoms with Crippen LogP contribution in [0.5, 0.6) is 5.75 Å². The van der Waals surface area contributed by atoms with Gasteiger partial charge in [-0.2, -0.15) is 0 Å². The molecule has 146 valence electrons. The lowest BCUT2D eigenvalue weighted by atomic mass is 9.86. The molecular weight excluding hydrogens is 366 g/mol. The second kappa shape index (κ2) is 8.15. The molecule has 4 nitrogen and oxygen atoms in total. The SMILES string of the molecule is COc1ccc(NC(=S)N[C@H](C)c2ccc(C(C)(C)C)cc2)c2cccnc12. The van der Waals surface area contributed by atoms with Crippen LogP contribution in [0.3, 0.4) is 0 Å². The van der Waals surface area contributed by atoms with E-state index in [-0.39, 0.29) is 11.5 Å². The van der Waals surface area contributed by atoms with Crippen LogP contribution in [0, 0.1) is 0 Å². The fourth-order valence-electron chi connectivity index (χ4n) is 3.13. The van der Waals surface area contributed by atoms with E-state index in [1.54, 1.807) is 13.3 Å². The van der Waals surface area contributed by atoms with Gasteiger partial charge in [0.15, 0.2) is 5.11 Å². The zero-order valence-electron chi connectivity index (χ0n) is 17.0. The number of hydrogen-bond acceptors (Lipinski definition) is 3. The molecule has 5 heteroatoms. The van der Waals surface area contributed by atoms with Crippen molar-refractivity contribution in [3.05, 3.63) is 65.9 Å². The minimum absolute atomic E-state index is 0.0941. The van der Waals surface area contributed by atoms with Gasteiger partial charge in [0.05, 0.1) is 13.2 Å². The molecular formula is C23H27N3OS. The second-order valence-electron chi connectivity index (χ2n) is 7.91. The molecule has 1 heterocycles. The lowest BCUT2D eigenvalue weighted by molar-refractivity contribution is 0.419. The van der Waals surface area contributed by atoms with Crippen LogP contribution in [0.15, 0.2) is 54.7 Å². The predicted octanol–water partition coefficient (Wildman–Crippen LogP) is 5.59. The highest BCUT2D eigenvalue weighted by atomic mass is 32.1. The number of nitrogens with zero attached hydrogens (tertiary/aromatic N) is 1. The van der Waals surface area contributed by atoms with Gasteiger partial charge in [-0.05, 0) is 59.9 Å². The fourth-order valence-corrected chi connectivity index (χ4v) is 3.42. The van der Waals surface area contributed by atoms with Crippen LogP contribution in [0.2, 0.25) is 0 Å². The first-order valence-corrected chi connectivity index (χ1v) is 9.80. The molecule has 0 fully saturated rings. The van der Waals surface area contributed by atoms with Crippen molar-refractivity contribution >= 4 is 33.9 Å². The number of fused-ring (bicyclic) bond motifs is 1. The van der Waals surface area contributed by atoms with Crippen molar-refractivity contribution < 1.29 is 4.74 Å². The van der Waals surface area contributed by atoms with Crippen LogP contribution in [0.1, 0.15) is 44.9 Å². The highest BCUT2D eigenvalue weighted by Gasteiger charge is 2.15. The van der Waals surface area contributed by atoms with Crippen molar-refractivity contribution in [1.82, 2.24) is 10.3 Å². The normalized spacial score (nSPS) is 12.5. The van der Waals surface area contributed by atoms with E-state index < -0.39 is 0 Å². The molecule has 0 aliphatic rings. The number of hydrogen-bond donors (Lipinski definition) is 2. The summed E-state index contributed by atoms with van der Waals surface area (Å²) in [6.45, 7) is 8.76. The van der Waals surface area contributed by atoms with Gasteiger partial charge in [0.1, 0.15) is 11.3 Å².